The SMILES string of the molecule is CC(CN1CCN2CCCC2C1)C(N)c1ccc(F)cn1. The molecule has 0 amide bonds. The lowest BCUT2D eigenvalue weighted by molar-refractivity contribution is 0.0901. The van der Waals surface area contributed by atoms with Crippen molar-refractivity contribution in [2.45, 2.75) is 31.8 Å². The maximum Gasteiger partial charge on any atom is 0.141 e. The van der Waals surface area contributed by atoms with Crippen LogP contribution in [0.15, 0.2) is 18.3 Å². The molecule has 0 aromatic carbocycles. The highest BCUT2D eigenvalue weighted by Gasteiger charge is 2.31. The molecule has 3 atom stereocenters. The minimum atomic E-state index is -0.309. The van der Waals surface area contributed by atoms with Gasteiger partial charge in [-0.3, -0.25) is 9.88 Å². The first-order valence-electron chi connectivity index (χ1n) is 7.97. The number of aromatic nitrogens is 1. The predicted octanol–water partition coefficient (Wildman–Crippen LogP) is 1.64. The predicted molar refractivity (Wildman–Crippen MR) is 81.3 cm³/mol. The fraction of sp³-hybridized carbons (Fsp3) is 0.688. The molecular weight excluding hydrogens is 267 g/mol. The fourth-order valence-corrected chi connectivity index (χ4v) is 3.62. The van der Waals surface area contributed by atoms with Gasteiger partial charge in [-0.15, -0.1) is 0 Å². The van der Waals surface area contributed by atoms with Crippen LogP contribution in [0.2, 0.25) is 0 Å². The molecule has 21 heavy (non-hydrogen) atoms. The van der Waals surface area contributed by atoms with Gasteiger partial charge < -0.3 is 10.6 Å². The van der Waals surface area contributed by atoms with E-state index in [-0.39, 0.29) is 11.9 Å². The normalized spacial score (nSPS) is 26.5. The monoisotopic (exact) mass is 292 g/mol. The number of halogens is 1. The van der Waals surface area contributed by atoms with Crippen molar-refractivity contribution in [2.75, 3.05) is 32.7 Å². The zero-order valence-corrected chi connectivity index (χ0v) is 12.7. The Morgan fingerprint density at radius 1 is 1.38 bits per heavy atom. The Morgan fingerprint density at radius 2 is 2.24 bits per heavy atom. The summed E-state index contributed by atoms with van der Waals surface area (Å²) >= 11 is 0. The number of fused-ring (bicyclic) bond motifs is 1. The zero-order chi connectivity index (χ0) is 14.8. The molecule has 2 fully saturated rings. The van der Waals surface area contributed by atoms with Gasteiger partial charge >= 0.3 is 0 Å². The number of piperazine rings is 1. The van der Waals surface area contributed by atoms with Crippen LogP contribution in [0.4, 0.5) is 4.39 Å². The molecule has 3 rings (SSSR count). The molecule has 2 aliphatic heterocycles. The maximum atomic E-state index is 12.9. The molecule has 4 nitrogen and oxygen atoms in total. The molecule has 5 heteroatoms. The first-order chi connectivity index (χ1) is 10.1. The van der Waals surface area contributed by atoms with Crippen LogP contribution in [0.25, 0.3) is 0 Å². The highest BCUT2D eigenvalue weighted by Crippen LogP contribution is 2.24. The van der Waals surface area contributed by atoms with Gasteiger partial charge in [-0.1, -0.05) is 6.92 Å². The molecule has 1 aromatic heterocycles. The number of nitrogens with two attached hydrogens (primary N) is 1. The second-order valence-electron chi connectivity index (χ2n) is 6.50. The summed E-state index contributed by atoms with van der Waals surface area (Å²) in [6.45, 7) is 7.90. The van der Waals surface area contributed by atoms with E-state index in [0.29, 0.717) is 5.92 Å². The summed E-state index contributed by atoms with van der Waals surface area (Å²) in [5.41, 5.74) is 7.07. The minimum Gasteiger partial charge on any atom is -0.322 e. The molecule has 3 heterocycles. The number of hydrogen-bond acceptors (Lipinski definition) is 4. The van der Waals surface area contributed by atoms with E-state index in [1.165, 1.54) is 38.2 Å². The highest BCUT2D eigenvalue weighted by molar-refractivity contribution is 5.10. The Labute approximate surface area is 126 Å². The molecule has 2 saturated heterocycles. The smallest absolute Gasteiger partial charge is 0.141 e. The Balaban J connectivity index is 1.55. The fourth-order valence-electron chi connectivity index (χ4n) is 3.62. The first-order valence-corrected chi connectivity index (χ1v) is 7.97. The lowest BCUT2D eigenvalue weighted by Gasteiger charge is -2.39. The number of pyridine rings is 1. The van der Waals surface area contributed by atoms with Crippen molar-refractivity contribution in [1.29, 1.82) is 0 Å². The zero-order valence-electron chi connectivity index (χ0n) is 12.7. The van der Waals surface area contributed by atoms with Crippen molar-refractivity contribution in [1.82, 2.24) is 14.8 Å². The Bertz CT molecular complexity index is 464. The van der Waals surface area contributed by atoms with E-state index in [1.807, 2.05) is 0 Å². The largest absolute Gasteiger partial charge is 0.322 e. The number of nitrogens with zero attached hydrogens (tertiary/aromatic N) is 3. The molecule has 0 bridgehead atoms. The average molecular weight is 292 g/mol. The van der Waals surface area contributed by atoms with Crippen LogP contribution < -0.4 is 5.73 Å². The van der Waals surface area contributed by atoms with Gasteiger partial charge in [0.15, 0.2) is 0 Å². The molecule has 3 unspecified atom stereocenters. The maximum absolute atomic E-state index is 12.9. The molecule has 0 aliphatic carbocycles. The Morgan fingerprint density at radius 3 is 3.00 bits per heavy atom. The van der Waals surface area contributed by atoms with Crippen LogP contribution in [0.5, 0.6) is 0 Å². The summed E-state index contributed by atoms with van der Waals surface area (Å²) in [7, 11) is 0. The summed E-state index contributed by atoms with van der Waals surface area (Å²) in [6.07, 6.45) is 3.92. The molecular formula is C16H25FN4. The lowest BCUT2D eigenvalue weighted by atomic mass is 9.98. The van der Waals surface area contributed by atoms with Crippen LogP contribution in [-0.4, -0.2) is 53.5 Å². The second kappa shape index (κ2) is 6.38. The third kappa shape index (κ3) is 3.42. The third-order valence-corrected chi connectivity index (χ3v) is 4.92. The van der Waals surface area contributed by atoms with E-state index in [1.54, 1.807) is 6.07 Å². The standard InChI is InChI=1S/C16H25FN4/c1-12(16(18)15-5-4-13(17)9-19-15)10-20-7-8-21-6-2-3-14(21)11-20/h4-5,9,12,14,16H,2-3,6-8,10-11,18H2,1H3. The second-order valence-corrected chi connectivity index (χ2v) is 6.50. The van der Waals surface area contributed by atoms with Gasteiger partial charge in [0.1, 0.15) is 5.82 Å². The van der Waals surface area contributed by atoms with Gasteiger partial charge in [0, 0.05) is 32.2 Å². The molecule has 0 spiro atoms. The van der Waals surface area contributed by atoms with Crippen LogP contribution in [0.3, 0.4) is 0 Å². The van der Waals surface area contributed by atoms with E-state index >= 15 is 0 Å². The van der Waals surface area contributed by atoms with Crippen molar-refractivity contribution < 1.29 is 4.39 Å². The van der Waals surface area contributed by atoms with Gasteiger partial charge in [0.05, 0.1) is 17.9 Å². The van der Waals surface area contributed by atoms with Crippen molar-refractivity contribution in [3.63, 3.8) is 0 Å². The van der Waals surface area contributed by atoms with E-state index < -0.39 is 0 Å². The molecule has 116 valence electrons. The quantitative estimate of drug-likeness (QED) is 0.916. The number of rotatable bonds is 4. The highest BCUT2D eigenvalue weighted by atomic mass is 19.1. The van der Waals surface area contributed by atoms with Gasteiger partial charge in [0.2, 0.25) is 0 Å². The Kier molecular flexibility index (Phi) is 4.52. The van der Waals surface area contributed by atoms with Crippen molar-refractivity contribution in [2.24, 2.45) is 11.7 Å². The summed E-state index contributed by atoms with van der Waals surface area (Å²) in [5, 5.41) is 0. The first kappa shape index (κ1) is 14.9. The molecule has 0 radical (unpaired) electrons. The van der Waals surface area contributed by atoms with Gasteiger partial charge in [-0.2, -0.15) is 0 Å². The van der Waals surface area contributed by atoms with Crippen LogP contribution in [0, 0.1) is 11.7 Å². The van der Waals surface area contributed by atoms with E-state index in [9.17, 15) is 4.39 Å². The van der Waals surface area contributed by atoms with Crippen LogP contribution in [0.1, 0.15) is 31.5 Å². The van der Waals surface area contributed by atoms with E-state index in [0.717, 1.165) is 31.4 Å². The third-order valence-electron chi connectivity index (χ3n) is 4.92. The van der Waals surface area contributed by atoms with E-state index in [2.05, 4.69) is 21.7 Å². The summed E-state index contributed by atoms with van der Waals surface area (Å²) in [4.78, 5) is 9.26. The molecule has 2 N–H and O–H groups in total. The summed E-state index contributed by atoms with van der Waals surface area (Å²) in [6, 6.07) is 3.75. The van der Waals surface area contributed by atoms with Crippen LogP contribution in [-0.2, 0) is 0 Å². The average Bonchev–Trinajstić information content (AvgIpc) is 2.95. The van der Waals surface area contributed by atoms with Crippen molar-refractivity contribution in [3.05, 3.63) is 29.8 Å². The van der Waals surface area contributed by atoms with Gasteiger partial charge in [-0.05, 0) is 37.4 Å². The Hall–Kier alpha value is -1.04. The molecule has 1 aromatic rings. The molecule has 0 saturated carbocycles. The topological polar surface area (TPSA) is 45.4 Å². The summed E-state index contributed by atoms with van der Waals surface area (Å²) in [5.74, 6) is 0.00636. The van der Waals surface area contributed by atoms with Crippen molar-refractivity contribution >= 4 is 0 Å². The summed E-state index contributed by atoms with van der Waals surface area (Å²) < 4.78 is 12.9. The molecule has 2 aliphatic rings. The minimum absolute atomic E-state index is 0.132. The van der Waals surface area contributed by atoms with E-state index in [4.69, 9.17) is 5.73 Å². The van der Waals surface area contributed by atoms with Gasteiger partial charge in [-0.25, -0.2) is 4.39 Å². The van der Waals surface area contributed by atoms with Crippen LogP contribution >= 0.6 is 0 Å². The van der Waals surface area contributed by atoms with Crippen molar-refractivity contribution in [3.8, 4) is 0 Å². The number of hydrogen-bond donors (Lipinski definition) is 1. The van der Waals surface area contributed by atoms with Gasteiger partial charge in [0.25, 0.3) is 0 Å². The lowest BCUT2D eigenvalue weighted by Crippen LogP contribution is -2.51.